The van der Waals surface area contributed by atoms with Crippen molar-refractivity contribution >= 4 is 11.7 Å². The highest BCUT2D eigenvalue weighted by Gasteiger charge is 2.10. The number of rotatable bonds is 6. The normalized spacial score (nSPS) is 12.0. The maximum absolute atomic E-state index is 13.8. The second kappa shape index (κ2) is 7.58. The van der Waals surface area contributed by atoms with Crippen LogP contribution in [0.5, 0.6) is 0 Å². The molecule has 22 heavy (non-hydrogen) atoms. The number of halogens is 1. The number of aliphatic hydroxyl groups excluding tert-OH is 1. The number of methoxy groups -OCH3 is 1. The summed E-state index contributed by atoms with van der Waals surface area (Å²) in [5.41, 5.74) is 0.783. The molecule has 1 aromatic carbocycles. The molecular weight excluding hydrogens is 289 g/mol. The second-order valence-electron chi connectivity index (χ2n) is 4.70. The first-order valence-electron chi connectivity index (χ1n) is 6.75. The Hall–Kier alpha value is -2.38. The first-order valence-corrected chi connectivity index (χ1v) is 6.75. The van der Waals surface area contributed by atoms with Gasteiger partial charge in [0.1, 0.15) is 5.82 Å². The molecule has 118 valence electrons. The number of benzene rings is 1. The lowest BCUT2D eigenvalue weighted by Gasteiger charge is -2.13. The highest BCUT2D eigenvalue weighted by molar-refractivity contribution is 5.89. The van der Waals surface area contributed by atoms with Gasteiger partial charge in [0.25, 0.3) is 0 Å². The van der Waals surface area contributed by atoms with Gasteiger partial charge < -0.3 is 25.0 Å². The van der Waals surface area contributed by atoms with Crippen LogP contribution >= 0.6 is 0 Å². The molecule has 2 amide bonds. The van der Waals surface area contributed by atoms with Crippen molar-refractivity contribution < 1.29 is 19.0 Å². The van der Waals surface area contributed by atoms with Crippen LogP contribution in [0.25, 0.3) is 5.69 Å². The van der Waals surface area contributed by atoms with Crippen molar-refractivity contribution in [2.24, 2.45) is 0 Å². The summed E-state index contributed by atoms with van der Waals surface area (Å²) in [6.45, 7) is 0.121. The summed E-state index contributed by atoms with van der Waals surface area (Å²) >= 11 is 0. The highest BCUT2D eigenvalue weighted by Crippen LogP contribution is 2.19. The third-order valence-electron chi connectivity index (χ3n) is 2.96. The number of carbonyl (C=O) groups is 1. The van der Waals surface area contributed by atoms with Gasteiger partial charge in [0, 0.05) is 31.7 Å². The predicted octanol–water partition coefficient (Wildman–Crippen LogP) is 1.75. The monoisotopic (exact) mass is 307 g/mol. The van der Waals surface area contributed by atoms with Gasteiger partial charge in [-0.1, -0.05) is 0 Å². The Morgan fingerprint density at radius 3 is 2.82 bits per heavy atom. The molecule has 0 fully saturated rings. The number of hydrogen-bond donors (Lipinski definition) is 3. The van der Waals surface area contributed by atoms with Gasteiger partial charge in [0.05, 0.1) is 18.4 Å². The van der Waals surface area contributed by atoms with Crippen LogP contribution in [-0.4, -0.2) is 42.1 Å². The third kappa shape index (κ3) is 4.31. The minimum atomic E-state index is -0.813. The Morgan fingerprint density at radius 2 is 2.14 bits per heavy atom. The highest BCUT2D eigenvalue weighted by atomic mass is 19.1. The molecule has 0 radical (unpaired) electrons. The molecule has 0 saturated carbocycles. The van der Waals surface area contributed by atoms with Gasteiger partial charge in [-0.3, -0.25) is 0 Å². The summed E-state index contributed by atoms with van der Waals surface area (Å²) in [6, 6.07) is 7.52. The minimum Gasteiger partial charge on any atom is -0.389 e. The van der Waals surface area contributed by atoms with E-state index in [0.29, 0.717) is 0 Å². The molecule has 1 heterocycles. The van der Waals surface area contributed by atoms with Crippen LogP contribution in [-0.2, 0) is 4.74 Å². The van der Waals surface area contributed by atoms with E-state index in [1.165, 1.54) is 19.2 Å². The van der Waals surface area contributed by atoms with Crippen LogP contribution < -0.4 is 10.6 Å². The van der Waals surface area contributed by atoms with Gasteiger partial charge in [0.15, 0.2) is 0 Å². The largest absolute Gasteiger partial charge is 0.389 e. The van der Waals surface area contributed by atoms with Crippen LogP contribution in [0.2, 0.25) is 0 Å². The van der Waals surface area contributed by atoms with Gasteiger partial charge in [-0.2, -0.15) is 0 Å². The lowest BCUT2D eigenvalue weighted by Crippen LogP contribution is -2.37. The molecule has 0 bridgehead atoms. The fourth-order valence-corrected chi connectivity index (χ4v) is 1.90. The van der Waals surface area contributed by atoms with Crippen molar-refractivity contribution in [3.05, 3.63) is 48.5 Å². The van der Waals surface area contributed by atoms with E-state index < -0.39 is 18.0 Å². The van der Waals surface area contributed by atoms with Crippen LogP contribution in [0, 0.1) is 5.82 Å². The summed E-state index contributed by atoms with van der Waals surface area (Å²) in [5.74, 6) is -0.538. The Kier molecular flexibility index (Phi) is 5.51. The van der Waals surface area contributed by atoms with Crippen LogP contribution in [0.15, 0.2) is 42.7 Å². The van der Waals surface area contributed by atoms with Gasteiger partial charge in [0.2, 0.25) is 0 Å². The standard InChI is InChI=1S/C15H18FN3O3/c1-22-10-12(20)9-17-15(21)18-14-8-11(4-5-13(14)16)19-6-2-3-7-19/h2-8,12,20H,9-10H2,1H3,(H2,17,18,21). The molecule has 2 rings (SSSR count). The van der Waals surface area contributed by atoms with E-state index in [-0.39, 0.29) is 18.8 Å². The van der Waals surface area contributed by atoms with E-state index in [2.05, 4.69) is 10.6 Å². The van der Waals surface area contributed by atoms with Crippen LogP contribution in [0.1, 0.15) is 0 Å². The molecule has 0 saturated heterocycles. The average Bonchev–Trinajstić information content (AvgIpc) is 3.02. The van der Waals surface area contributed by atoms with Crippen LogP contribution in [0.3, 0.4) is 0 Å². The Morgan fingerprint density at radius 1 is 1.41 bits per heavy atom. The van der Waals surface area contributed by atoms with Crippen molar-refractivity contribution in [2.75, 3.05) is 25.6 Å². The van der Waals surface area contributed by atoms with Crippen molar-refractivity contribution in [1.82, 2.24) is 9.88 Å². The number of aliphatic hydroxyl groups is 1. The number of ether oxygens (including phenoxy) is 1. The molecule has 0 aliphatic heterocycles. The van der Waals surface area contributed by atoms with Crippen LogP contribution in [0.4, 0.5) is 14.9 Å². The van der Waals surface area contributed by atoms with E-state index in [4.69, 9.17) is 4.74 Å². The Labute approximate surface area is 127 Å². The molecule has 0 aliphatic carbocycles. The summed E-state index contributed by atoms with van der Waals surface area (Å²) in [6.07, 6.45) is 2.82. The molecule has 1 aromatic heterocycles. The topological polar surface area (TPSA) is 75.5 Å². The number of hydrogen-bond acceptors (Lipinski definition) is 3. The third-order valence-corrected chi connectivity index (χ3v) is 2.96. The number of nitrogens with one attached hydrogen (secondary N) is 2. The first kappa shape index (κ1) is 16.0. The summed E-state index contributed by atoms with van der Waals surface area (Å²) in [5, 5.41) is 14.3. The number of amides is 2. The van der Waals surface area contributed by atoms with E-state index in [0.717, 1.165) is 5.69 Å². The fraction of sp³-hybridized carbons (Fsp3) is 0.267. The van der Waals surface area contributed by atoms with E-state index in [1.807, 2.05) is 24.5 Å². The van der Waals surface area contributed by atoms with Gasteiger partial charge >= 0.3 is 6.03 Å². The van der Waals surface area contributed by atoms with Crippen molar-refractivity contribution in [2.45, 2.75) is 6.10 Å². The maximum Gasteiger partial charge on any atom is 0.319 e. The SMILES string of the molecule is COCC(O)CNC(=O)Nc1cc(-n2cccc2)ccc1F. The van der Waals surface area contributed by atoms with Crippen molar-refractivity contribution in [3.63, 3.8) is 0 Å². The molecule has 7 heteroatoms. The first-order chi connectivity index (χ1) is 10.6. The van der Waals surface area contributed by atoms with Crippen molar-refractivity contribution in [1.29, 1.82) is 0 Å². The van der Waals surface area contributed by atoms with Gasteiger partial charge in [-0.05, 0) is 30.3 Å². The molecule has 1 atom stereocenters. The zero-order valence-corrected chi connectivity index (χ0v) is 12.1. The van der Waals surface area contributed by atoms with Crippen molar-refractivity contribution in [3.8, 4) is 5.69 Å². The smallest absolute Gasteiger partial charge is 0.319 e. The minimum absolute atomic E-state index is 0.0125. The zero-order valence-electron chi connectivity index (χ0n) is 12.1. The summed E-state index contributed by atoms with van der Waals surface area (Å²) < 4.78 is 20.3. The predicted molar refractivity (Wildman–Crippen MR) is 80.6 cm³/mol. The Balaban J connectivity index is 2.00. The molecular formula is C15H18FN3O3. The molecule has 6 nitrogen and oxygen atoms in total. The summed E-state index contributed by atoms with van der Waals surface area (Å²) in [4.78, 5) is 11.7. The van der Waals surface area contributed by atoms with E-state index in [9.17, 15) is 14.3 Å². The molecule has 3 N–H and O–H groups in total. The molecule has 2 aromatic rings. The number of carbonyl (C=O) groups excluding carboxylic acids is 1. The molecule has 0 spiro atoms. The van der Waals surface area contributed by atoms with E-state index >= 15 is 0 Å². The lowest BCUT2D eigenvalue weighted by molar-refractivity contribution is 0.0663. The number of nitrogens with zero attached hydrogens (tertiary/aromatic N) is 1. The van der Waals surface area contributed by atoms with Gasteiger partial charge in [-0.15, -0.1) is 0 Å². The number of anilines is 1. The number of urea groups is 1. The fourth-order valence-electron chi connectivity index (χ4n) is 1.90. The molecule has 0 aliphatic rings. The molecule has 1 unspecified atom stereocenters. The maximum atomic E-state index is 13.8. The number of aromatic nitrogens is 1. The van der Waals surface area contributed by atoms with Gasteiger partial charge in [-0.25, -0.2) is 9.18 Å². The quantitative estimate of drug-likeness (QED) is 0.761. The zero-order chi connectivity index (χ0) is 15.9. The average molecular weight is 307 g/mol. The second-order valence-corrected chi connectivity index (χ2v) is 4.70. The lowest BCUT2D eigenvalue weighted by atomic mass is 10.2. The summed E-state index contributed by atoms with van der Waals surface area (Å²) in [7, 11) is 1.45. The Bertz CT molecular complexity index is 617. The van der Waals surface area contributed by atoms with E-state index in [1.54, 1.807) is 10.6 Å².